The molecular weight excluding hydrogens is 248 g/mol. The van der Waals surface area contributed by atoms with Gasteiger partial charge in [0.25, 0.3) is 0 Å². The molecule has 2 aromatic heterocycles. The van der Waals surface area contributed by atoms with Crippen molar-refractivity contribution in [1.29, 1.82) is 0 Å². The predicted molar refractivity (Wildman–Crippen MR) is 70.0 cm³/mol. The average molecular weight is 262 g/mol. The molecule has 0 unspecified atom stereocenters. The Balaban J connectivity index is 2.32. The standard InChI is InChI=1S/C11H14N6S/c1-2-3-8-10(17-12)15-7-16-11(8)18-9-6-13-4-5-14-9/h4-7H,2-3,12H2,1H3,(H,15,16,17). The van der Waals surface area contributed by atoms with Gasteiger partial charge in [-0.15, -0.1) is 0 Å². The minimum atomic E-state index is 0.665. The monoisotopic (exact) mass is 262 g/mol. The summed E-state index contributed by atoms with van der Waals surface area (Å²) in [5.74, 6) is 6.13. The number of aromatic nitrogens is 4. The molecule has 0 atom stereocenters. The number of nitrogens with two attached hydrogens (primary N) is 1. The van der Waals surface area contributed by atoms with Gasteiger partial charge in [0.1, 0.15) is 22.2 Å². The second kappa shape index (κ2) is 6.27. The normalized spacial score (nSPS) is 10.3. The first-order valence-electron chi connectivity index (χ1n) is 5.59. The quantitative estimate of drug-likeness (QED) is 0.481. The van der Waals surface area contributed by atoms with E-state index in [-0.39, 0.29) is 0 Å². The second-order valence-corrected chi connectivity index (χ2v) is 4.56. The third kappa shape index (κ3) is 2.93. The summed E-state index contributed by atoms with van der Waals surface area (Å²) in [5, 5.41) is 1.66. The van der Waals surface area contributed by atoms with Gasteiger partial charge in [-0.05, 0) is 18.2 Å². The Kier molecular flexibility index (Phi) is 4.43. The summed E-state index contributed by atoms with van der Waals surface area (Å²) in [5.41, 5.74) is 3.62. The highest BCUT2D eigenvalue weighted by Gasteiger charge is 2.11. The molecule has 0 aliphatic heterocycles. The van der Waals surface area contributed by atoms with Crippen molar-refractivity contribution in [3.8, 4) is 0 Å². The van der Waals surface area contributed by atoms with Crippen LogP contribution in [0, 0.1) is 0 Å². The molecule has 0 saturated carbocycles. The zero-order chi connectivity index (χ0) is 12.8. The van der Waals surface area contributed by atoms with Crippen LogP contribution in [0.4, 0.5) is 5.82 Å². The molecule has 2 aromatic rings. The fourth-order valence-electron chi connectivity index (χ4n) is 1.52. The van der Waals surface area contributed by atoms with Crippen LogP contribution in [0.25, 0.3) is 0 Å². The molecule has 3 N–H and O–H groups in total. The van der Waals surface area contributed by atoms with E-state index < -0.39 is 0 Å². The average Bonchev–Trinajstić information content (AvgIpc) is 2.42. The SMILES string of the molecule is CCCc1c(NN)ncnc1Sc1cnccn1. The summed E-state index contributed by atoms with van der Waals surface area (Å²) < 4.78 is 0. The van der Waals surface area contributed by atoms with E-state index in [0.717, 1.165) is 28.5 Å². The van der Waals surface area contributed by atoms with Crippen LogP contribution in [-0.2, 0) is 6.42 Å². The maximum atomic E-state index is 5.47. The molecule has 0 aliphatic carbocycles. The highest BCUT2D eigenvalue weighted by Crippen LogP contribution is 2.29. The van der Waals surface area contributed by atoms with E-state index in [0.29, 0.717) is 5.82 Å². The number of nitrogens with one attached hydrogen (secondary N) is 1. The van der Waals surface area contributed by atoms with Gasteiger partial charge in [0.15, 0.2) is 0 Å². The van der Waals surface area contributed by atoms with E-state index in [2.05, 4.69) is 32.3 Å². The zero-order valence-corrected chi connectivity index (χ0v) is 10.8. The number of hydrogen-bond donors (Lipinski definition) is 2. The lowest BCUT2D eigenvalue weighted by Crippen LogP contribution is -2.12. The number of nitrogens with zero attached hydrogens (tertiary/aromatic N) is 4. The van der Waals surface area contributed by atoms with Crippen LogP contribution in [0.2, 0.25) is 0 Å². The van der Waals surface area contributed by atoms with E-state index in [1.165, 1.54) is 18.1 Å². The van der Waals surface area contributed by atoms with Gasteiger partial charge in [0, 0.05) is 18.0 Å². The smallest absolute Gasteiger partial charge is 0.147 e. The first kappa shape index (κ1) is 12.7. The lowest BCUT2D eigenvalue weighted by Gasteiger charge is -2.10. The molecule has 0 radical (unpaired) electrons. The molecule has 0 bridgehead atoms. The molecular formula is C11H14N6S. The number of hydrazine groups is 1. The fourth-order valence-corrected chi connectivity index (χ4v) is 2.37. The summed E-state index contributed by atoms with van der Waals surface area (Å²) in [7, 11) is 0. The molecule has 2 heterocycles. The van der Waals surface area contributed by atoms with Crippen molar-refractivity contribution in [2.24, 2.45) is 5.84 Å². The van der Waals surface area contributed by atoms with E-state index in [1.807, 2.05) is 0 Å². The van der Waals surface area contributed by atoms with Crippen LogP contribution in [0.3, 0.4) is 0 Å². The minimum absolute atomic E-state index is 0.665. The molecule has 7 heteroatoms. The fraction of sp³-hybridized carbons (Fsp3) is 0.273. The van der Waals surface area contributed by atoms with Crippen molar-refractivity contribution in [3.05, 3.63) is 30.5 Å². The zero-order valence-electron chi connectivity index (χ0n) is 10.00. The van der Waals surface area contributed by atoms with Gasteiger partial charge >= 0.3 is 0 Å². The van der Waals surface area contributed by atoms with Crippen molar-refractivity contribution in [1.82, 2.24) is 19.9 Å². The first-order valence-corrected chi connectivity index (χ1v) is 6.41. The summed E-state index contributed by atoms with van der Waals surface area (Å²) in [6.45, 7) is 2.10. The Hall–Kier alpha value is -1.73. The molecule has 18 heavy (non-hydrogen) atoms. The molecule has 0 spiro atoms. The van der Waals surface area contributed by atoms with E-state index in [9.17, 15) is 0 Å². The lowest BCUT2D eigenvalue weighted by atomic mass is 10.2. The molecule has 0 amide bonds. The van der Waals surface area contributed by atoms with Gasteiger partial charge in [-0.2, -0.15) is 0 Å². The van der Waals surface area contributed by atoms with Gasteiger partial charge < -0.3 is 5.43 Å². The predicted octanol–water partition coefficient (Wildman–Crippen LogP) is 1.66. The molecule has 94 valence electrons. The molecule has 2 rings (SSSR count). The summed E-state index contributed by atoms with van der Waals surface area (Å²) in [6.07, 6.45) is 8.36. The van der Waals surface area contributed by atoms with Crippen molar-refractivity contribution >= 4 is 17.6 Å². The Labute approximate surface area is 109 Å². The minimum Gasteiger partial charge on any atom is -0.308 e. The number of rotatable bonds is 5. The van der Waals surface area contributed by atoms with Crippen LogP contribution in [-0.4, -0.2) is 19.9 Å². The maximum absolute atomic E-state index is 5.47. The molecule has 0 saturated heterocycles. The van der Waals surface area contributed by atoms with Crippen molar-refractivity contribution in [2.45, 2.75) is 29.8 Å². The van der Waals surface area contributed by atoms with Crippen LogP contribution >= 0.6 is 11.8 Å². The third-order valence-electron chi connectivity index (χ3n) is 2.28. The van der Waals surface area contributed by atoms with Gasteiger partial charge in [-0.1, -0.05) is 13.3 Å². The number of hydrogen-bond acceptors (Lipinski definition) is 7. The van der Waals surface area contributed by atoms with E-state index in [4.69, 9.17) is 5.84 Å². The Morgan fingerprint density at radius 2 is 2.17 bits per heavy atom. The summed E-state index contributed by atoms with van der Waals surface area (Å²) in [4.78, 5) is 16.7. The highest BCUT2D eigenvalue weighted by atomic mass is 32.2. The number of anilines is 1. The summed E-state index contributed by atoms with van der Waals surface area (Å²) >= 11 is 1.46. The largest absolute Gasteiger partial charge is 0.308 e. The van der Waals surface area contributed by atoms with Gasteiger partial charge in [0.2, 0.25) is 0 Å². The van der Waals surface area contributed by atoms with Crippen LogP contribution < -0.4 is 11.3 Å². The van der Waals surface area contributed by atoms with Crippen molar-refractivity contribution < 1.29 is 0 Å². The Bertz CT molecular complexity index is 504. The second-order valence-electron chi connectivity index (χ2n) is 3.55. The van der Waals surface area contributed by atoms with E-state index >= 15 is 0 Å². The topological polar surface area (TPSA) is 89.6 Å². The van der Waals surface area contributed by atoms with Gasteiger partial charge in [-0.3, -0.25) is 4.98 Å². The first-order chi connectivity index (χ1) is 8.85. The summed E-state index contributed by atoms with van der Waals surface area (Å²) in [6, 6.07) is 0. The van der Waals surface area contributed by atoms with E-state index in [1.54, 1.807) is 18.6 Å². The van der Waals surface area contributed by atoms with Crippen LogP contribution in [0.15, 0.2) is 35.0 Å². The van der Waals surface area contributed by atoms with Gasteiger partial charge in [0.05, 0.1) is 6.20 Å². The molecule has 0 aromatic carbocycles. The Morgan fingerprint density at radius 1 is 1.28 bits per heavy atom. The maximum Gasteiger partial charge on any atom is 0.147 e. The lowest BCUT2D eigenvalue weighted by molar-refractivity contribution is 0.855. The van der Waals surface area contributed by atoms with Crippen LogP contribution in [0.5, 0.6) is 0 Å². The van der Waals surface area contributed by atoms with Crippen molar-refractivity contribution in [3.63, 3.8) is 0 Å². The molecule has 6 nitrogen and oxygen atoms in total. The highest BCUT2D eigenvalue weighted by molar-refractivity contribution is 7.99. The Morgan fingerprint density at radius 3 is 2.83 bits per heavy atom. The number of nitrogen functional groups attached to an aromatic ring is 1. The third-order valence-corrected chi connectivity index (χ3v) is 3.25. The van der Waals surface area contributed by atoms with Crippen LogP contribution in [0.1, 0.15) is 18.9 Å². The molecule has 0 aliphatic rings. The van der Waals surface area contributed by atoms with Gasteiger partial charge in [-0.25, -0.2) is 20.8 Å². The van der Waals surface area contributed by atoms with Crippen molar-refractivity contribution in [2.75, 3.05) is 5.43 Å². The molecule has 0 fully saturated rings.